The Morgan fingerprint density at radius 1 is 1.18 bits per heavy atom. The summed E-state index contributed by atoms with van der Waals surface area (Å²) in [5, 5.41) is 0. The van der Waals surface area contributed by atoms with Gasteiger partial charge >= 0.3 is 0 Å². The van der Waals surface area contributed by atoms with E-state index < -0.39 is 0 Å². The zero-order valence-electron chi connectivity index (χ0n) is 8.00. The zero-order valence-corrected chi connectivity index (χ0v) is 8.00. The summed E-state index contributed by atoms with van der Waals surface area (Å²) in [6, 6.07) is 0.617. The number of likely N-dealkylation sites (N-methyl/N-ethyl adjacent to an activating group) is 1. The fraction of sp³-hybridized carbons (Fsp3) is 1.00. The van der Waals surface area contributed by atoms with Crippen molar-refractivity contribution in [3.8, 4) is 0 Å². The predicted octanol–water partition coefficient (Wildman–Crippen LogP) is 1.50. The quantitative estimate of drug-likeness (QED) is 0.572. The first-order valence-corrected chi connectivity index (χ1v) is 4.43. The standard InChI is InChI=1S/C9H19NO/c1-7-5-6-9(10(3)4)8(2)11-7/h7-9H,5-6H2,1-4H3/t7-,8?,9?/m0/s1. The second-order valence-electron chi connectivity index (χ2n) is 3.76. The van der Waals surface area contributed by atoms with Gasteiger partial charge in [-0.25, -0.2) is 0 Å². The van der Waals surface area contributed by atoms with Crippen LogP contribution in [0, 0.1) is 0 Å². The highest BCUT2D eigenvalue weighted by Crippen LogP contribution is 2.21. The molecular formula is C9H19NO. The number of hydrogen-bond acceptors (Lipinski definition) is 2. The van der Waals surface area contributed by atoms with Crippen LogP contribution in [0.25, 0.3) is 0 Å². The van der Waals surface area contributed by atoms with Crippen LogP contribution in [0.2, 0.25) is 0 Å². The molecule has 3 atom stereocenters. The topological polar surface area (TPSA) is 12.5 Å². The lowest BCUT2D eigenvalue weighted by Gasteiger charge is -2.37. The molecule has 66 valence electrons. The Kier molecular flexibility index (Phi) is 2.90. The first-order chi connectivity index (χ1) is 5.11. The minimum absolute atomic E-state index is 0.397. The third kappa shape index (κ3) is 2.17. The van der Waals surface area contributed by atoms with Crippen molar-refractivity contribution in [3.05, 3.63) is 0 Å². The largest absolute Gasteiger partial charge is 0.374 e. The second kappa shape index (κ2) is 3.55. The van der Waals surface area contributed by atoms with Gasteiger partial charge in [0.05, 0.1) is 12.2 Å². The lowest BCUT2D eigenvalue weighted by Crippen LogP contribution is -2.44. The third-order valence-corrected chi connectivity index (χ3v) is 2.52. The Morgan fingerprint density at radius 3 is 2.27 bits per heavy atom. The molecule has 0 aromatic carbocycles. The van der Waals surface area contributed by atoms with E-state index in [-0.39, 0.29) is 0 Å². The highest BCUT2D eigenvalue weighted by Gasteiger charge is 2.26. The van der Waals surface area contributed by atoms with Crippen LogP contribution in [0.4, 0.5) is 0 Å². The lowest BCUT2D eigenvalue weighted by atomic mass is 9.99. The number of rotatable bonds is 1. The minimum atomic E-state index is 0.397. The molecule has 2 nitrogen and oxygen atoms in total. The van der Waals surface area contributed by atoms with E-state index in [1.807, 2.05) is 0 Å². The summed E-state index contributed by atoms with van der Waals surface area (Å²) in [4.78, 5) is 2.26. The van der Waals surface area contributed by atoms with Crippen LogP contribution in [-0.4, -0.2) is 37.2 Å². The van der Waals surface area contributed by atoms with Gasteiger partial charge in [-0.15, -0.1) is 0 Å². The van der Waals surface area contributed by atoms with Gasteiger partial charge in [0.2, 0.25) is 0 Å². The molecule has 1 aliphatic heterocycles. The van der Waals surface area contributed by atoms with Crippen molar-refractivity contribution in [2.75, 3.05) is 14.1 Å². The van der Waals surface area contributed by atoms with Gasteiger partial charge in [-0.2, -0.15) is 0 Å². The van der Waals surface area contributed by atoms with Crippen LogP contribution in [0.5, 0.6) is 0 Å². The van der Waals surface area contributed by atoms with E-state index in [4.69, 9.17) is 4.74 Å². The van der Waals surface area contributed by atoms with Crippen LogP contribution in [0.15, 0.2) is 0 Å². The maximum Gasteiger partial charge on any atom is 0.0705 e. The third-order valence-electron chi connectivity index (χ3n) is 2.52. The van der Waals surface area contributed by atoms with Gasteiger partial charge in [0.1, 0.15) is 0 Å². The van der Waals surface area contributed by atoms with Crippen molar-refractivity contribution in [3.63, 3.8) is 0 Å². The maximum atomic E-state index is 5.72. The molecule has 0 bridgehead atoms. The molecule has 0 saturated carbocycles. The number of ether oxygens (including phenoxy) is 1. The summed E-state index contributed by atoms with van der Waals surface area (Å²) in [5.41, 5.74) is 0. The molecule has 0 spiro atoms. The first kappa shape index (κ1) is 9.01. The molecule has 1 aliphatic rings. The first-order valence-electron chi connectivity index (χ1n) is 4.43. The Morgan fingerprint density at radius 2 is 1.82 bits per heavy atom. The van der Waals surface area contributed by atoms with Gasteiger partial charge in [-0.3, -0.25) is 0 Å². The second-order valence-corrected chi connectivity index (χ2v) is 3.76. The predicted molar refractivity (Wildman–Crippen MR) is 46.7 cm³/mol. The molecule has 1 rings (SSSR count). The van der Waals surface area contributed by atoms with E-state index in [1.54, 1.807) is 0 Å². The summed E-state index contributed by atoms with van der Waals surface area (Å²) in [7, 11) is 4.25. The van der Waals surface area contributed by atoms with Crippen LogP contribution < -0.4 is 0 Å². The number of nitrogens with zero attached hydrogens (tertiary/aromatic N) is 1. The Balaban J connectivity index is 2.44. The molecule has 1 heterocycles. The fourth-order valence-corrected chi connectivity index (χ4v) is 1.84. The summed E-state index contributed by atoms with van der Waals surface area (Å²) in [6.45, 7) is 4.32. The summed E-state index contributed by atoms with van der Waals surface area (Å²) < 4.78 is 5.72. The average Bonchev–Trinajstić information content (AvgIpc) is 1.85. The van der Waals surface area contributed by atoms with Crippen LogP contribution >= 0.6 is 0 Å². The smallest absolute Gasteiger partial charge is 0.0705 e. The Hall–Kier alpha value is -0.0800. The molecule has 1 saturated heterocycles. The van der Waals surface area contributed by atoms with Crippen molar-refractivity contribution >= 4 is 0 Å². The molecule has 0 aliphatic carbocycles. The van der Waals surface area contributed by atoms with E-state index in [0.717, 1.165) is 0 Å². The molecule has 0 amide bonds. The van der Waals surface area contributed by atoms with E-state index >= 15 is 0 Å². The Bertz CT molecular complexity index is 125. The van der Waals surface area contributed by atoms with Gasteiger partial charge in [0, 0.05) is 6.04 Å². The van der Waals surface area contributed by atoms with Gasteiger partial charge < -0.3 is 9.64 Å². The molecule has 0 radical (unpaired) electrons. The molecule has 0 N–H and O–H groups in total. The average molecular weight is 157 g/mol. The van der Waals surface area contributed by atoms with Gasteiger partial charge in [0.15, 0.2) is 0 Å². The van der Waals surface area contributed by atoms with Gasteiger partial charge in [0.25, 0.3) is 0 Å². The van der Waals surface area contributed by atoms with Crippen LogP contribution in [0.3, 0.4) is 0 Å². The van der Waals surface area contributed by atoms with E-state index in [9.17, 15) is 0 Å². The van der Waals surface area contributed by atoms with Crippen molar-refractivity contribution in [1.29, 1.82) is 0 Å². The Labute approximate surface area is 69.5 Å². The molecule has 11 heavy (non-hydrogen) atoms. The highest BCUT2D eigenvalue weighted by atomic mass is 16.5. The van der Waals surface area contributed by atoms with Crippen molar-refractivity contribution in [2.45, 2.75) is 44.9 Å². The van der Waals surface area contributed by atoms with Crippen LogP contribution in [0.1, 0.15) is 26.7 Å². The highest BCUT2D eigenvalue weighted by molar-refractivity contribution is 4.79. The zero-order chi connectivity index (χ0) is 8.43. The molecule has 0 aromatic heterocycles. The molecule has 0 aromatic rings. The number of hydrogen-bond donors (Lipinski definition) is 0. The van der Waals surface area contributed by atoms with Crippen molar-refractivity contribution in [2.24, 2.45) is 0 Å². The molecule has 2 heteroatoms. The fourth-order valence-electron chi connectivity index (χ4n) is 1.84. The summed E-state index contributed by atoms with van der Waals surface area (Å²) in [6.07, 6.45) is 3.33. The van der Waals surface area contributed by atoms with Gasteiger partial charge in [-0.05, 0) is 40.8 Å². The maximum absolute atomic E-state index is 5.72. The van der Waals surface area contributed by atoms with E-state index in [1.165, 1.54) is 12.8 Å². The SMILES string of the molecule is CC1O[C@@H](C)CCC1N(C)C. The van der Waals surface area contributed by atoms with E-state index in [2.05, 4.69) is 32.8 Å². The normalized spacial score (nSPS) is 39.5. The van der Waals surface area contributed by atoms with E-state index in [0.29, 0.717) is 18.2 Å². The van der Waals surface area contributed by atoms with Gasteiger partial charge in [-0.1, -0.05) is 0 Å². The van der Waals surface area contributed by atoms with Crippen LogP contribution in [-0.2, 0) is 4.74 Å². The van der Waals surface area contributed by atoms with Crippen molar-refractivity contribution in [1.82, 2.24) is 4.90 Å². The summed E-state index contributed by atoms with van der Waals surface area (Å²) >= 11 is 0. The van der Waals surface area contributed by atoms with Crippen molar-refractivity contribution < 1.29 is 4.74 Å². The minimum Gasteiger partial charge on any atom is -0.374 e. The molecule has 2 unspecified atom stereocenters. The monoisotopic (exact) mass is 157 g/mol. The molecule has 1 fully saturated rings. The summed E-state index contributed by atoms with van der Waals surface area (Å²) in [5.74, 6) is 0. The molecular weight excluding hydrogens is 138 g/mol. The lowest BCUT2D eigenvalue weighted by molar-refractivity contribution is -0.0721.